The van der Waals surface area contributed by atoms with Gasteiger partial charge in [-0.15, -0.1) is 0 Å². The van der Waals surface area contributed by atoms with Crippen LogP contribution in [-0.4, -0.2) is 28.8 Å². The summed E-state index contributed by atoms with van der Waals surface area (Å²) in [7, 11) is 0. The average Bonchev–Trinajstić information content (AvgIpc) is 3.03. The molecule has 0 unspecified atom stereocenters. The SMILES string of the molecule is CC(C)C[C@@H](/C=C/C1(C(=O)O)CC1)NC(=O)OC(C)(C)C. The first-order valence-corrected chi connectivity index (χ1v) is 7.46. The van der Waals surface area contributed by atoms with Crippen molar-refractivity contribution in [1.29, 1.82) is 0 Å². The molecule has 1 aliphatic carbocycles. The lowest BCUT2D eigenvalue weighted by atomic mass is 10.00. The number of hydrogen-bond donors (Lipinski definition) is 2. The summed E-state index contributed by atoms with van der Waals surface area (Å²) in [4.78, 5) is 23.0. The van der Waals surface area contributed by atoms with Crippen LogP contribution in [0.25, 0.3) is 0 Å². The van der Waals surface area contributed by atoms with E-state index in [0.717, 1.165) is 6.42 Å². The molecule has 21 heavy (non-hydrogen) atoms. The zero-order valence-corrected chi connectivity index (χ0v) is 13.6. The minimum absolute atomic E-state index is 0.211. The van der Waals surface area contributed by atoms with Gasteiger partial charge >= 0.3 is 12.1 Å². The molecule has 1 saturated carbocycles. The quantitative estimate of drug-likeness (QED) is 0.737. The molecule has 0 aromatic rings. The van der Waals surface area contributed by atoms with Crippen molar-refractivity contribution in [2.24, 2.45) is 11.3 Å². The van der Waals surface area contributed by atoms with Crippen LogP contribution >= 0.6 is 0 Å². The maximum absolute atomic E-state index is 11.8. The fraction of sp³-hybridized carbons (Fsp3) is 0.750. The van der Waals surface area contributed by atoms with Crippen molar-refractivity contribution in [3.05, 3.63) is 12.2 Å². The number of alkyl carbamates (subject to hydrolysis) is 1. The van der Waals surface area contributed by atoms with Crippen LogP contribution in [0.3, 0.4) is 0 Å². The van der Waals surface area contributed by atoms with Gasteiger partial charge in [0.1, 0.15) is 5.60 Å². The van der Waals surface area contributed by atoms with Crippen molar-refractivity contribution < 1.29 is 19.4 Å². The molecule has 120 valence electrons. The molecule has 0 spiro atoms. The van der Waals surface area contributed by atoms with Gasteiger partial charge in [0.2, 0.25) is 0 Å². The van der Waals surface area contributed by atoms with E-state index < -0.39 is 23.1 Å². The van der Waals surface area contributed by atoms with E-state index in [2.05, 4.69) is 19.2 Å². The van der Waals surface area contributed by atoms with E-state index in [0.29, 0.717) is 18.8 Å². The highest BCUT2D eigenvalue weighted by Crippen LogP contribution is 2.47. The summed E-state index contributed by atoms with van der Waals surface area (Å²) >= 11 is 0. The van der Waals surface area contributed by atoms with Crippen LogP contribution in [-0.2, 0) is 9.53 Å². The normalized spacial score (nSPS) is 18.6. The summed E-state index contributed by atoms with van der Waals surface area (Å²) < 4.78 is 5.24. The second kappa shape index (κ2) is 6.50. The molecule has 1 fully saturated rings. The molecule has 0 saturated heterocycles. The Morgan fingerprint density at radius 1 is 1.33 bits per heavy atom. The summed E-state index contributed by atoms with van der Waals surface area (Å²) in [6.07, 6.45) is 5.12. The van der Waals surface area contributed by atoms with Crippen LogP contribution in [0.4, 0.5) is 4.79 Å². The molecule has 0 aromatic heterocycles. The Kier molecular flexibility index (Phi) is 5.42. The highest BCUT2D eigenvalue weighted by atomic mass is 16.6. The van der Waals surface area contributed by atoms with Crippen LogP contribution in [0.2, 0.25) is 0 Å². The largest absolute Gasteiger partial charge is 0.481 e. The van der Waals surface area contributed by atoms with E-state index in [1.54, 1.807) is 12.2 Å². The molecule has 1 amide bonds. The van der Waals surface area contributed by atoms with Crippen molar-refractivity contribution in [3.63, 3.8) is 0 Å². The van der Waals surface area contributed by atoms with E-state index in [1.807, 2.05) is 20.8 Å². The van der Waals surface area contributed by atoms with Crippen molar-refractivity contribution in [2.45, 2.75) is 65.5 Å². The third-order valence-corrected chi connectivity index (χ3v) is 3.29. The highest BCUT2D eigenvalue weighted by Gasteiger charge is 2.47. The minimum atomic E-state index is -0.792. The van der Waals surface area contributed by atoms with Gasteiger partial charge in [-0.1, -0.05) is 26.0 Å². The first-order chi connectivity index (χ1) is 9.54. The fourth-order valence-electron chi connectivity index (χ4n) is 2.04. The lowest BCUT2D eigenvalue weighted by molar-refractivity contribution is -0.141. The van der Waals surface area contributed by atoms with Crippen LogP contribution in [0.1, 0.15) is 53.9 Å². The smallest absolute Gasteiger partial charge is 0.408 e. The molecule has 5 heteroatoms. The predicted octanol–water partition coefficient (Wildman–Crippen LogP) is 3.35. The van der Waals surface area contributed by atoms with Gasteiger partial charge in [0.15, 0.2) is 0 Å². The van der Waals surface area contributed by atoms with Gasteiger partial charge in [0, 0.05) is 0 Å². The third kappa shape index (κ3) is 6.19. The zero-order chi connectivity index (χ0) is 16.3. The van der Waals surface area contributed by atoms with Crippen LogP contribution in [0.15, 0.2) is 12.2 Å². The zero-order valence-electron chi connectivity index (χ0n) is 13.6. The Bertz CT molecular complexity index is 416. The summed E-state index contributed by atoms with van der Waals surface area (Å²) in [5.74, 6) is -0.408. The van der Waals surface area contributed by atoms with Gasteiger partial charge in [0.25, 0.3) is 0 Å². The molecule has 0 bridgehead atoms. The van der Waals surface area contributed by atoms with Gasteiger partial charge in [0.05, 0.1) is 11.5 Å². The number of carboxylic acid groups (broad SMARTS) is 1. The topological polar surface area (TPSA) is 75.6 Å². The van der Waals surface area contributed by atoms with E-state index in [9.17, 15) is 9.59 Å². The average molecular weight is 297 g/mol. The Morgan fingerprint density at radius 3 is 2.29 bits per heavy atom. The number of amides is 1. The van der Waals surface area contributed by atoms with Crippen LogP contribution < -0.4 is 5.32 Å². The number of carboxylic acids is 1. The summed E-state index contributed by atoms with van der Waals surface area (Å²) in [6.45, 7) is 9.54. The first kappa shape index (κ1) is 17.5. The van der Waals surface area contributed by atoms with Crippen molar-refractivity contribution in [1.82, 2.24) is 5.32 Å². The van der Waals surface area contributed by atoms with Gasteiger partial charge in [-0.25, -0.2) is 4.79 Å². The Morgan fingerprint density at radius 2 is 1.90 bits per heavy atom. The fourth-order valence-corrected chi connectivity index (χ4v) is 2.04. The maximum atomic E-state index is 11.8. The standard InChI is InChI=1S/C16H27NO4/c1-11(2)10-12(17-14(20)21-15(3,4)5)6-7-16(8-9-16)13(18)19/h6-7,11-12H,8-10H2,1-5H3,(H,17,20)(H,18,19)/b7-6+/t12-/m1/s1. The Labute approximate surface area is 126 Å². The van der Waals surface area contributed by atoms with E-state index in [4.69, 9.17) is 9.84 Å². The number of hydrogen-bond acceptors (Lipinski definition) is 3. The van der Waals surface area contributed by atoms with Crippen LogP contribution in [0, 0.1) is 11.3 Å². The second-order valence-corrected chi connectivity index (χ2v) is 7.20. The lowest BCUT2D eigenvalue weighted by Crippen LogP contribution is -2.39. The minimum Gasteiger partial charge on any atom is -0.481 e. The summed E-state index contributed by atoms with van der Waals surface area (Å²) in [6, 6.07) is -0.211. The number of aliphatic carboxylic acids is 1. The molecule has 1 rings (SSSR count). The Hall–Kier alpha value is -1.52. The highest BCUT2D eigenvalue weighted by molar-refractivity contribution is 5.80. The van der Waals surface area contributed by atoms with Crippen molar-refractivity contribution in [2.75, 3.05) is 0 Å². The predicted molar refractivity (Wildman–Crippen MR) is 81.1 cm³/mol. The first-order valence-electron chi connectivity index (χ1n) is 7.46. The van der Waals surface area contributed by atoms with E-state index in [1.165, 1.54) is 0 Å². The van der Waals surface area contributed by atoms with Gasteiger partial charge in [-0.05, 0) is 46.0 Å². The molecule has 0 radical (unpaired) electrons. The van der Waals surface area contributed by atoms with Crippen molar-refractivity contribution in [3.8, 4) is 0 Å². The number of ether oxygens (including phenoxy) is 1. The molecule has 1 aliphatic rings. The molecule has 0 aliphatic heterocycles. The van der Waals surface area contributed by atoms with Crippen LogP contribution in [0.5, 0.6) is 0 Å². The molecular weight excluding hydrogens is 270 g/mol. The molecule has 2 N–H and O–H groups in total. The number of carbonyl (C=O) groups is 2. The summed E-state index contributed by atoms with van der Waals surface area (Å²) in [5, 5.41) is 12.0. The van der Waals surface area contributed by atoms with Gasteiger partial charge in [-0.3, -0.25) is 4.79 Å². The van der Waals surface area contributed by atoms with Crippen molar-refractivity contribution >= 4 is 12.1 Å². The van der Waals surface area contributed by atoms with Gasteiger partial charge < -0.3 is 15.2 Å². The molecular formula is C16H27NO4. The Balaban J connectivity index is 2.66. The van der Waals surface area contributed by atoms with Gasteiger partial charge in [-0.2, -0.15) is 0 Å². The second-order valence-electron chi connectivity index (χ2n) is 7.20. The lowest BCUT2D eigenvalue weighted by Gasteiger charge is -2.23. The number of rotatable bonds is 6. The van der Waals surface area contributed by atoms with E-state index >= 15 is 0 Å². The molecule has 5 nitrogen and oxygen atoms in total. The monoisotopic (exact) mass is 297 g/mol. The molecule has 0 aromatic carbocycles. The summed E-state index contributed by atoms with van der Waals surface area (Å²) in [5.41, 5.74) is -1.26. The van der Waals surface area contributed by atoms with E-state index in [-0.39, 0.29) is 6.04 Å². The number of nitrogens with one attached hydrogen (secondary N) is 1. The number of carbonyl (C=O) groups excluding carboxylic acids is 1. The molecule has 1 atom stereocenters. The third-order valence-electron chi connectivity index (χ3n) is 3.29. The maximum Gasteiger partial charge on any atom is 0.408 e. The molecule has 0 heterocycles.